The van der Waals surface area contributed by atoms with Crippen LogP contribution in [-0.4, -0.2) is 50.0 Å². The summed E-state index contributed by atoms with van der Waals surface area (Å²) in [6, 6.07) is 3.63. The summed E-state index contributed by atoms with van der Waals surface area (Å²) in [7, 11) is 0. The van der Waals surface area contributed by atoms with Crippen LogP contribution in [0.15, 0.2) is 29.0 Å². The third kappa shape index (κ3) is 3.86. The molecule has 2 atom stereocenters. The number of rotatable bonds is 3. The van der Waals surface area contributed by atoms with Gasteiger partial charge in [0.25, 0.3) is 0 Å². The molecule has 1 aliphatic heterocycles. The molecule has 29 heavy (non-hydrogen) atoms. The zero-order valence-electron chi connectivity index (χ0n) is 16.5. The van der Waals surface area contributed by atoms with Crippen molar-refractivity contribution in [2.24, 2.45) is 0 Å². The largest absolute Gasteiger partial charge is 0.389 e. The van der Waals surface area contributed by atoms with Gasteiger partial charge in [-0.05, 0) is 39.4 Å². The minimum absolute atomic E-state index is 0.0287. The van der Waals surface area contributed by atoms with Crippen molar-refractivity contribution in [1.82, 2.24) is 19.6 Å². The topological polar surface area (TPSA) is 84.6 Å². The average molecular weight is 464 g/mol. The molecule has 0 saturated carbocycles. The molecule has 0 radical (unpaired) electrons. The number of hydrogen-bond donors (Lipinski definition) is 2. The SMILES string of the molecule is CC(C)(C)c1ccc(-c2c(Br)c(F)c3cnc(N[C@@H]4CCOC[C@H]4O)nn23)nc1. The normalized spacial score (nSPS) is 20.2. The zero-order chi connectivity index (χ0) is 20.8. The second-order valence-electron chi connectivity index (χ2n) is 8.22. The van der Waals surface area contributed by atoms with E-state index in [-0.39, 0.29) is 28.1 Å². The molecule has 7 nitrogen and oxygen atoms in total. The first-order valence-corrected chi connectivity index (χ1v) is 10.3. The van der Waals surface area contributed by atoms with Crippen molar-refractivity contribution < 1.29 is 14.2 Å². The van der Waals surface area contributed by atoms with Crippen LogP contribution in [-0.2, 0) is 10.2 Å². The van der Waals surface area contributed by atoms with Gasteiger partial charge in [-0.25, -0.2) is 13.9 Å². The van der Waals surface area contributed by atoms with Gasteiger partial charge in [-0.1, -0.05) is 26.8 Å². The molecule has 2 N–H and O–H groups in total. The molecule has 1 aliphatic rings. The number of ether oxygens (including phenoxy) is 1. The van der Waals surface area contributed by atoms with Crippen LogP contribution in [0.1, 0.15) is 32.8 Å². The predicted molar refractivity (Wildman–Crippen MR) is 111 cm³/mol. The Kier molecular flexibility index (Phi) is 5.30. The number of nitrogens with zero attached hydrogens (tertiary/aromatic N) is 4. The molecule has 3 aromatic heterocycles. The summed E-state index contributed by atoms with van der Waals surface area (Å²) < 4.78 is 21.8. The Hall–Kier alpha value is -2.10. The van der Waals surface area contributed by atoms with Crippen LogP contribution in [0.25, 0.3) is 16.9 Å². The van der Waals surface area contributed by atoms with Crippen molar-refractivity contribution in [3.05, 3.63) is 40.4 Å². The Morgan fingerprint density at radius 2 is 2.07 bits per heavy atom. The Labute approximate surface area is 176 Å². The molecule has 0 amide bonds. The minimum Gasteiger partial charge on any atom is -0.389 e. The van der Waals surface area contributed by atoms with E-state index in [2.05, 4.69) is 57.1 Å². The maximum atomic E-state index is 14.8. The summed E-state index contributed by atoms with van der Waals surface area (Å²) in [5.74, 6) is -0.141. The predicted octanol–water partition coefficient (Wildman–Crippen LogP) is 3.55. The van der Waals surface area contributed by atoms with Gasteiger partial charge in [-0.2, -0.15) is 0 Å². The number of fused-ring (bicyclic) bond motifs is 1. The van der Waals surface area contributed by atoms with E-state index in [1.807, 2.05) is 12.1 Å². The Morgan fingerprint density at radius 1 is 1.28 bits per heavy atom. The summed E-state index contributed by atoms with van der Waals surface area (Å²) in [5.41, 5.74) is 2.41. The minimum atomic E-state index is -0.651. The highest BCUT2D eigenvalue weighted by molar-refractivity contribution is 9.10. The molecular formula is C20H23BrFN5O2. The van der Waals surface area contributed by atoms with Crippen LogP contribution in [0.5, 0.6) is 0 Å². The molecule has 9 heteroatoms. The summed E-state index contributed by atoms with van der Waals surface area (Å²) in [6.45, 7) is 7.15. The van der Waals surface area contributed by atoms with Crippen molar-refractivity contribution in [3.8, 4) is 11.4 Å². The second-order valence-corrected chi connectivity index (χ2v) is 9.01. The highest BCUT2D eigenvalue weighted by Gasteiger charge is 2.26. The van der Waals surface area contributed by atoms with E-state index in [9.17, 15) is 9.50 Å². The molecule has 4 rings (SSSR count). The smallest absolute Gasteiger partial charge is 0.241 e. The molecule has 1 fully saturated rings. The van der Waals surface area contributed by atoms with Crippen molar-refractivity contribution in [2.45, 2.75) is 44.8 Å². The number of anilines is 1. The van der Waals surface area contributed by atoms with Crippen LogP contribution in [0.3, 0.4) is 0 Å². The van der Waals surface area contributed by atoms with Gasteiger partial charge in [0, 0.05) is 12.8 Å². The van der Waals surface area contributed by atoms with E-state index in [4.69, 9.17) is 4.74 Å². The zero-order valence-corrected chi connectivity index (χ0v) is 18.1. The number of aromatic nitrogens is 4. The van der Waals surface area contributed by atoms with Gasteiger partial charge in [0.05, 0.1) is 35.1 Å². The first kappa shape index (κ1) is 20.2. The van der Waals surface area contributed by atoms with Gasteiger partial charge in [-0.3, -0.25) is 4.98 Å². The van der Waals surface area contributed by atoms with E-state index in [1.54, 1.807) is 6.20 Å². The number of pyridine rings is 1. The molecule has 4 heterocycles. The van der Waals surface area contributed by atoms with E-state index in [0.717, 1.165) is 5.56 Å². The Morgan fingerprint density at radius 3 is 2.72 bits per heavy atom. The summed E-state index contributed by atoms with van der Waals surface area (Å²) >= 11 is 3.34. The van der Waals surface area contributed by atoms with E-state index < -0.39 is 11.9 Å². The monoisotopic (exact) mass is 463 g/mol. The first-order chi connectivity index (χ1) is 13.8. The van der Waals surface area contributed by atoms with E-state index in [1.165, 1.54) is 10.7 Å². The number of aliphatic hydroxyl groups excluding tert-OH is 1. The fraction of sp³-hybridized carbons (Fsp3) is 0.450. The number of aliphatic hydroxyl groups is 1. The van der Waals surface area contributed by atoms with Gasteiger partial charge in [-0.15, -0.1) is 5.10 Å². The molecule has 0 unspecified atom stereocenters. The van der Waals surface area contributed by atoms with Crippen molar-refractivity contribution in [2.75, 3.05) is 18.5 Å². The van der Waals surface area contributed by atoms with E-state index in [0.29, 0.717) is 30.4 Å². The van der Waals surface area contributed by atoms with Crippen LogP contribution in [0.4, 0.5) is 10.3 Å². The lowest BCUT2D eigenvalue weighted by Gasteiger charge is -2.28. The van der Waals surface area contributed by atoms with Gasteiger partial charge in [0.1, 0.15) is 11.2 Å². The maximum Gasteiger partial charge on any atom is 0.241 e. The molecule has 0 aromatic carbocycles. The van der Waals surface area contributed by atoms with Crippen molar-refractivity contribution in [1.29, 1.82) is 0 Å². The van der Waals surface area contributed by atoms with Crippen molar-refractivity contribution >= 4 is 27.4 Å². The highest BCUT2D eigenvalue weighted by atomic mass is 79.9. The molecular weight excluding hydrogens is 441 g/mol. The summed E-state index contributed by atoms with van der Waals surface area (Å²) in [6.07, 6.45) is 3.21. The average Bonchev–Trinajstić information content (AvgIpc) is 2.93. The fourth-order valence-electron chi connectivity index (χ4n) is 3.30. The van der Waals surface area contributed by atoms with Gasteiger partial charge in [0.2, 0.25) is 5.95 Å². The third-order valence-electron chi connectivity index (χ3n) is 5.08. The summed E-state index contributed by atoms with van der Waals surface area (Å²) in [4.78, 5) is 8.76. The number of halogens is 2. The quantitative estimate of drug-likeness (QED) is 0.617. The first-order valence-electron chi connectivity index (χ1n) is 9.47. The van der Waals surface area contributed by atoms with Crippen molar-refractivity contribution in [3.63, 3.8) is 0 Å². The fourth-order valence-corrected chi connectivity index (χ4v) is 3.88. The second kappa shape index (κ2) is 7.62. The Balaban J connectivity index is 1.74. The summed E-state index contributed by atoms with van der Waals surface area (Å²) in [5, 5.41) is 17.7. The Bertz CT molecular complexity index is 1030. The van der Waals surface area contributed by atoms with Crippen LogP contribution in [0.2, 0.25) is 0 Å². The molecule has 0 aliphatic carbocycles. The van der Waals surface area contributed by atoms with Crippen LogP contribution < -0.4 is 5.32 Å². The van der Waals surface area contributed by atoms with Crippen LogP contribution in [0, 0.1) is 5.82 Å². The number of hydrogen-bond acceptors (Lipinski definition) is 6. The lowest BCUT2D eigenvalue weighted by Crippen LogP contribution is -2.42. The third-order valence-corrected chi connectivity index (χ3v) is 5.81. The lowest BCUT2D eigenvalue weighted by molar-refractivity contribution is -0.0136. The molecule has 0 spiro atoms. The number of nitrogens with one attached hydrogen (secondary N) is 1. The molecule has 3 aromatic rings. The molecule has 0 bridgehead atoms. The van der Waals surface area contributed by atoms with Gasteiger partial charge < -0.3 is 15.2 Å². The standard InChI is InChI=1S/C20H23BrFN5O2/c1-20(2,3)11-4-5-13(23-8-11)18-16(21)17(22)14-9-24-19(26-27(14)18)25-12-6-7-29-10-15(12)28/h4-5,8-9,12,15,28H,6-7,10H2,1-3H3,(H,25,26)/t12-,15-/m1/s1. The molecule has 154 valence electrons. The lowest BCUT2D eigenvalue weighted by atomic mass is 9.88. The maximum absolute atomic E-state index is 14.8. The molecule has 1 saturated heterocycles. The van der Waals surface area contributed by atoms with E-state index >= 15 is 0 Å². The van der Waals surface area contributed by atoms with Gasteiger partial charge in [0.15, 0.2) is 5.82 Å². The van der Waals surface area contributed by atoms with Gasteiger partial charge >= 0.3 is 0 Å². The highest BCUT2D eigenvalue weighted by Crippen LogP contribution is 2.34. The van der Waals surface area contributed by atoms with Crippen LogP contribution >= 0.6 is 15.9 Å².